The molecule has 1 fully saturated rings. The number of nitrogens with one attached hydrogen (secondary N) is 1. The number of hydrogen-bond donors (Lipinski definition) is 1. The summed E-state index contributed by atoms with van der Waals surface area (Å²) in [6.07, 6.45) is 4.86. The van der Waals surface area contributed by atoms with E-state index in [2.05, 4.69) is 40.4 Å². The summed E-state index contributed by atoms with van der Waals surface area (Å²) in [5, 5.41) is 3.21. The molecule has 160 valence electrons. The lowest BCUT2D eigenvalue weighted by atomic mass is 10.0. The summed E-state index contributed by atoms with van der Waals surface area (Å²) < 4.78 is 5.20. The van der Waals surface area contributed by atoms with E-state index in [1.54, 1.807) is 7.11 Å². The maximum absolute atomic E-state index is 12.6. The first kappa shape index (κ1) is 20.7. The van der Waals surface area contributed by atoms with Crippen LogP contribution in [0.4, 0.5) is 5.69 Å². The van der Waals surface area contributed by atoms with Crippen LogP contribution in [0.5, 0.6) is 5.75 Å². The van der Waals surface area contributed by atoms with Gasteiger partial charge in [-0.05, 0) is 73.7 Å². The van der Waals surface area contributed by atoms with E-state index in [9.17, 15) is 4.79 Å². The fourth-order valence-corrected chi connectivity index (χ4v) is 4.65. The molecule has 1 unspecified atom stereocenters. The molecule has 1 atom stereocenters. The van der Waals surface area contributed by atoms with Gasteiger partial charge in [-0.2, -0.15) is 0 Å². The Hall–Kier alpha value is -2.53. The van der Waals surface area contributed by atoms with Gasteiger partial charge in [-0.3, -0.25) is 9.69 Å². The number of carbonyl (C=O) groups excluding carboxylic acids is 1. The number of methoxy groups -OCH3 is 1. The summed E-state index contributed by atoms with van der Waals surface area (Å²) in [4.78, 5) is 17.4. The zero-order valence-electron chi connectivity index (χ0n) is 18.2. The van der Waals surface area contributed by atoms with Crippen molar-refractivity contribution in [3.05, 3.63) is 59.2 Å². The van der Waals surface area contributed by atoms with Gasteiger partial charge in [-0.25, -0.2) is 0 Å². The highest BCUT2D eigenvalue weighted by Gasteiger charge is 2.26. The Morgan fingerprint density at radius 1 is 1.10 bits per heavy atom. The average molecular weight is 408 g/mol. The number of amides is 1. The third-order valence-corrected chi connectivity index (χ3v) is 6.49. The summed E-state index contributed by atoms with van der Waals surface area (Å²) in [5.74, 6) is 0.966. The van der Waals surface area contributed by atoms with Crippen molar-refractivity contribution >= 4 is 11.6 Å². The second kappa shape index (κ2) is 9.52. The number of anilines is 1. The molecule has 0 bridgehead atoms. The fraction of sp³-hybridized carbons (Fsp3) is 0.480. The zero-order valence-corrected chi connectivity index (χ0v) is 18.2. The first-order valence-corrected chi connectivity index (χ1v) is 11.1. The SMILES string of the molecule is COc1ccc(CCC(=O)NCC(c2ccc3c(c2)CCN3C)N2CCCC2)cc1. The van der Waals surface area contributed by atoms with E-state index in [0.717, 1.165) is 43.8 Å². The van der Waals surface area contributed by atoms with Crippen molar-refractivity contribution in [3.8, 4) is 5.75 Å². The van der Waals surface area contributed by atoms with E-state index in [0.29, 0.717) is 13.0 Å². The molecule has 2 aromatic carbocycles. The second-order valence-corrected chi connectivity index (χ2v) is 8.47. The summed E-state index contributed by atoms with van der Waals surface area (Å²) in [5.41, 5.74) is 5.28. The molecule has 4 rings (SSSR count). The van der Waals surface area contributed by atoms with E-state index in [4.69, 9.17) is 4.74 Å². The van der Waals surface area contributed by atoms with Crippen molar-refractivity contribution in [3.63, 3.8) is 0 Å². The Balaban J connectivity index is 1.37. The number of ether oxygens (including phenoxy) is 1. The Morgan fingerprint density at radius 2 is 1.87 bits per heavy atom. The smallest absolute Gasteiger partial charge is 0.220 e. The lowest BCUT2D eigenvalue weighted by Crippen LogP contribution is -2.37. The van der Waals surface area contributed by atoms with Gasteiger partial charge in [0, 0.05) is 32.2 Å². The van der Waals surface area contributed by atoms with Crippen LogP contribution in [-0.4, -0.2) is 51.1 Å². The highest BCUT2D eigenvalue weighted by molar-refractivity contribution is 5.76. The minimum absolute atomic E-state index is 0.121. The molecule has 1 N–H and O–H groups in total. The topological polar surface area (TPSA) is 44.8 Å². The molecule has 0 radical (unpaired) electrons. The molecule has 2 aliphatic heterocycles. The van der Waals surface area contributed by atoms with Gasteiger partial charge in [0.05, 0.1) is 13.2 Å². The van der Waals surface area contributed by atoms with Crippen LogP contribution in [0, 0.1) is 0 Å². The van der Waals surface area contributed by atoms with Gasteiger partial charge < -0.3 is 15.0 Å². The molecule has 0 aromatic heterocycles. The number of aryl methyl sites for hydroxylation is 1. The van der Waals surface area contributed by atoms with Crippen molar-refractivity contribution in [2.45, 2.75) is 38.1 Å². The second-order valence-electron chi connectivity index (χ2n) is 8.47. The molecular formula is C25H33N3O2. The molecule has 5 nitrogen and oxygen atoms in total. The van der Waals surface area contributed by atoms with Crippen molar-refractivity contribution in [2.24, 2.45) is 0 Å². The molecule has 30 heavy (non-hydrogen) atoms. The molecule has 2 aromatic rings. The number of rotatable bonds is 8. The van der Waals surface area contributed by atoms with Crippen LogP contribution in [0.15, 0.2) is 42.5 Å². The highest BCUT2D eigenvalue weighted by atomic mass is 16.5. The van der Waals surface area contributed by atoms with E-state index in [1.807, 2.05) is 24.3 Å². The number of benzene rings is 2. The highest BCUT2D eigenvalue weighted by Crippen LogP contribution is 2.32. The number of hydrogen-bond acceptors (Lipinski definition) is 4. The lowest BCUT2D eigenvalue weighted by Gasteiger charge is -2.29. The monoisotopic (exact) mass is 407 g/mol. The average Bonchev–Trinajstić information content (AvgIpc) is 3.43. The van der Waals surface area contributed by atoms with Crippen LogP contribution in [0.3, 0.4) is 0 Å². The molecule has 2 heterocycles. The Bertz CT molecular complexity index is 859. The predicted octanol–water partition coefficient (Wildman–Crippen LogP) is 3.57. The molecule has 0 aliphatic carbocycles. The molecule has 1 amide bonds. The summed E-state index contributed by atoms with van der Waals surface area (Å²) in [6.45, 7) is 4.00. The predicted molar refractivity (Wildman–Crippen MR) is 121 cm³/mol. The Morgan fingerprint density at radius 3 is 2.60 bits per heavy atom. The first-order valence-electron chi connectivity index (χ1n) is 11.1. The van der Waals surface area contributed by atoms with E-state index in [-0.39, 0.29) is 11.9 Å². The zero-order chi connectivity index (χ0) is 20.9. The minimum atomic E-state index is 0.121. The van der Waals surface area contributed by atoms with Crippen LogP contribution >= 0.6 is 0 Å². The maximum Gasteiger partial charge on any atom is 0.220 e. The molecule has 0 spiro atoms. The molecule has 5 heteroatoms. The third kappa shape index (κ3) is 4.78. The first-order chi connectivity index (χ1) is 14.6. The summed E-state index contributed by atoms with van der Waals surface area (Å²) >= 11 is 0. The van der Waals surface area contributed by atoms with E-state index < -0.39 is 0 Å². The molecular weight excluding hydrogens is 374 g/mol. The van der Waals surface area contributed by atoms with Gasteiger partial charge in [0.25, 0.3) is 0 Å². The fourth-order valence-electron chi connectivity index (χ4n) is 4.65. The third-order valence-electron chi connectivity index (χ3n) is 6.49. The quantitative estimate of drug-likeness (QED) is 0.727. The molecule has 0 saturated carbocycles. The standard InChI is InChI=1S/C25H33N3O2/c1-27-16-13-21-17-20(8-11-23(21)27)24(28-14-3-4-15-28)18-26-25(29)12-7-19-5-9-22(30-2)10-6-19/h5-6,8-11,17,24H,3-4,7,12-16,18H2,1-2H3,(H,26,29). The number of fused-ring (bicyclic) bond motifs is 1. The van der Waals surface area contributed by atoms with Crippen LogP contribution in [0.25, 0.3) is 0 Å². The molecule has 2 aliphatic rings. The van der Waals surface area contributed by atoms with Gasteiger partial charge in [0.15, 0.2) is 0 Å². The van der Waals surface area contributed by atoms with Crippen molar-refractivity contribution < 1.29 is 9.53 Å². The number of likely N-dealkylation sites (tertiary alicyclic amines) is 1. The maximum atomic E-state index is 12.6. The lowest BCUT2D eigenvalue weighted by molar-refractivity contribution is -0.121. The van der Waals surface area contributed by atoms with Crippen LogP contribution in [0.1, 0.15) is 42.0 Å². The van der Waals surface area contributed by atoms with Crippen molar-refractivity contribution in [2.75, 3.05) is 45.2 Å². The van der Waals surface area contributed by atoms with Crippen LogP contribution < -0.4 is 15.0 Å². The van der Waals surface area contributed by atoms with Gasteiger partial charge in [0.2, 0.25) is 5.91 Å². The largest absolute Gasteiger partial charge is 0.497 e. The van der Waals surface area contributed by atoms with Crippen molar-refractivity contribution in [1.29, 1.82) is 0 Å². The van der Waals surface area contributed by atoms with Gasteiger partial charge >= 0.3 is 0 Å². The number of carbonyl (C=O) groups is 1. The van der Waals surface area contributed by atoms with Crippen LogP contribution in [0.2, 0.25) is 0 Å². The minimum Gasteiger partial charge on any atom is -0.497 e. The van der Waals surface area contributed by atoms with Crippen LogP contribution in [-0.2, 0) is 17.6 Å². The number of nitrogens with zero attached hydrogens (tertiary/aromatic N) is 2. The number of likely N-dealkylation sites (N-methyl/N-ethyl adjacent to an activating group) is 1. The summed E-state index contributed by atoms with van der Waals surface area (Å²) in [6, 6.07) is 15.1. The van der Waals surface area contributed by atoms with Gasteiger partial charge in [-0.15, -0.1) is 0 Å². The van der Waals surface area contributed by atoms with Crippen molar-refractivity contribution in [1.82, 2.24) is 10.2 Å². The van der Waals surface area contributed by atoms with E-state index in [1.165, 1.54) is 29.7 Å². The Labute approximate surface area is 180 Å². The normalized spacial score (nSPS) is 17.1. The van der Waals surface area contributed by atoms with E-state index >= 15 is 0 Å². The van der Waals surface area contributed by atoms with Gasteiger partial charge in [0.1, 0.15) is 5.75 Å². The molecule has 1 saturated heterocycles. The Kier molecular flexibility index (Phi) is 6.58. The van der Waals surface area contributed by atoms with Gasteiger partial charge in [-0.1, -0.05) is 24.3 Å². The summed E-state index contributed by atoms with van der Waals surface area (Å²) in [7, 11) is 3.82.